The molecule has 0 aromatic heterocycles. The average molecular weight is 293 g/mol. The van der Waals surface area contributed by atoms with Crippen molar-refractivity contribution in [1.29, 1.82) is 0 Å². The van der Waals surface area contributed by atoms with Crippen LogP contribution >= 0.6 is 0 Å². The molecule has 116 valence electrons. The number of ether oxygens (including phenoxy) is 1. The largest absolute Gasteiger partial charge is 0.380 e. The van der Waals surface area contributed by atoms with Gasteiger partial charge in [0.25, 0.3) is 0 Å². The van der Waals surface area contributed by atoms with Crippen molar-refractivity contribution in [2.24, 2.45) is 0 Å². The van der Waals surface area contributed by atoms with Crippen molar-refractivity contribution in [2.75, 3.05) is 13.7 Å². The monoisotopic (exact) mass is 293 g/mol. The molecule has 0 spiro atoms. The number of urea groups is 1. The van der Waals surface area contributed by atoms with E-state index in [1.54, 1.807) is 21.0 Å². The molecule has 3 N–H and O–H groups in total. The van der Waals surface area contributed by atoms with Gasteiger partial charge in [-0.05, 0) is 25.0 Å². The molecule has 3 amide bonds. The summed E-state index contributed by atoms with van der Waals surface area (Å²) in [5.74, 6) is -0.353. The zero-order chi connectivity index (χ0) is 15.7. The van der Waals surface area contributed by atoms with E-state index < -0.39 is 12.1 Å². The van der Waals surface area contributed by atoms with Gasteiger partial charge in [0.1, 0.15) is 0 Å². The lowest BCUT2D eigenvalue weighted by Gasteiger charge is -2.14. The first-order valence-electron chi connectivity index (χ1n) is 6.95. The number of hydrogen-bond donors (Lipinski definition) is 3. The zero-order valence-electron chi connectivity index (χ0n) is 12.7. The number of amides is 3. The van der Waals surface area contributed by atoms with Crippen LogP contribution in [0.15, 0.2) is 24.3 Å². The number of rotatable bonds is 7. The van der Waals surface area contributed by atoms with Crippen LogP contribution in [0.1, 0.15) is 25.0 Å². The lowest BCUT2D eigenvalue weighted by atomic mass is 10.1. The summed E-state index contributed by atoms with van der Waals surface area (Å²) in [6.07, 6.45) is 0. The first-order chi connectivity index (χ1) is 10.1. The van der Waals surface area contributed by atoms with Gasteiger partial charge in [0.15, 0.2) is 0 Å². The Hall–Kier alpha value is -1.92. The van der Waals surface area contributed by atoms with Crippen LogP contribution in [0.3, 0.4) is 0 Å². The minimum Gasteiger partial charge on any atom is -0.380 e. The first-order valence-corrected chi connectivity index (χ1v) is 6.95. The topological polar surface area (TPSA) is 79.5 Å². The molecule has 0 saturated carbocycles. The van der Waals surface area contributed by atoms with Crippen LogP contribution in [0.4, 0.5) is 4.79 Å². The number of methoxy groups -OCH3 is 1. The van der Waals surface area contributed by atoms with Crippen LogP contribution in [-0.2, 0) is 22.7 Å². The number of carbonyl (C=O) groups is 2. The third-order valence-corrected chi connectivity index (χ3v) is 2.88. The Morgan fingerprint density at radius 2 is 2.00 bits per heavy atom. The second kappa shape index (κ2) is 9.10. The van der Waals surface area contributed by atoms with Crippen molar-refractivity contribution in [3.05, 3.63) is 35.4 Å². The van der Waals surface area contributed by atoms with Crippen molar-refractivity contribution >= 4 is 11.9 Å². The molecule has 1 aromatic rings. The van der Waals surface area contributed by atoms with Gasteiger partial charge in [0.2, 0.25) is 5.91 Å². The summed E-state index contributed by atoms with van der Waals surface area (Å²) in [6.45, 7) is 5.09. The zero-order valence-corrected chi connectivity index (χ0v) is 12.7. The molecular weight excluding hydrogens is 270 g/mol. The molecule has 0 aliphatic rings. The maximum absolute atomic E-state index is 11.8. The number of hydrogen-bond acceptors (Lipinski definition) is 4. The van der Waals surface area contributed by atoms with E-state index in [2.05, 4.69) is 16.0 Å². The molecule has 1 unspecified atom stereocenters. The molecule has 0 saturated heterocycles. The number of nitrogens with one attached hydrogen (secondary N) is 3. The average Bonchev–Trinajstić information content (AvgIpc) is 2.45. The van der Waals surface area contributed by atoms with E-state index in [0.717, 1.165) is 11.1 Å². The molecule has 6 heteroatoms. The Kier molecular flexibility index (Phi) is 7.42. The Morgan fingerprint density at radius 3 is 2.67 bits per heavy atom. The summed E-state index contributed by atoms with van der Waals surface area (Å²) in [5.41, 5.74) is 2.14. The summed E-state index contributed by atoms with van der Waals surface area (Å²) >= 11 is 0. The number of imide groups is 1. The van der Waals surface area contributed by atoms with E-state index in [4.69, 9.17) is 4.74 Å². The highest BCUT2D eigenvalue weighted by Crippen LogP contribution is 2.06. The fourth-order valence-corrected chi connectivity index (χ4v) is 1.78. The fraction of sp³-hybridized carbons (Fsp3) is 0.467. The van der Waals surface area contributed by atoms with E-state index in [9.17, 15) is 9.59 Å². The number of benzene rings is 1. The van der Waals surface area contributed by atoms with Crippen LogP contribution in [0.25, 0.3) is 0 Å². The smallest absolute Gasteiger partial charge is 0.321 e. The van der Waals surface area contributed by atoms with E-state index in [1.807, 2.05) is 24.3 Å². The molecule has 0 fully saturated rings. The minimum absolute atomic E-state index is 0.353. The van der Waals surface area contributed by atoms with Gasteiger partial charge in [-0.1, -0.05) is 24.3 Å². The second-order valence-electron chi connectivity index (χ2n) is 4.70. The Bertz CT molecular complexity index is 477. The molecule has 1 aromatic carbocycles. The van der Waals surface area contributed by atoms with Gasteiger partial charge >= 0.3 is 6.03 Å². The van der Waals surface area contributed by atoms with E-state index in [1.165, 1.54) is 0 Å². The molecule has 6 nitrogen and oxygen atoms in total. The van der Waals surface area contributed by atoms with Gasteiger partial charge in [0.05, 0.1) is 12.6 Å². The molecular formula is C15H23N3O3. The predicted molar refractivity (Wildman–Crippen MR) is 80.7 cm³/mol. The normalized spacial score (nSPS) is 11.8. The molecule has 1 atom stereocenters. The van der Waals surface area contributed by atoms with Crippen LogP contribution in [0, 0.1) is 0 Å². The van der Waals surface area contributed by atoms with Crippen LogP contribution in [0.5, 0.6) is 0 Å². The molecule has 0 heterocycles. The predicted octanol–water partition coefficient (Wildman–Crippen LogP) is 1.16. The van der Waals surface area contributed by atoms with Crippen molar-refractivity contribution in [2.45, 2.75) is 33.0 Å². The highest BCUT2D eigenvalue weighted by Gasteiger charge is 2.14. The van der Waals surface area contributed by atoms with Crippen molar-refractivity contribution in [1.82, 2.24) is 16.0 Å². The van der Waals surface area contributed by atoms with Gasteiger partial charge in [-0.3, -0.25) is 10.1 Å². The van der Waals surface area contributed by atoms with Gasteiger partial charge in [-0.25, -0.2) is 4.79 Å². The summed E-state index contributed by atoms with van der Waals surface area (Å²) in [6, 6.07) is 6.99. The highest BCUT2D eigenvalue weighted by atomic mass is 16.5. The van der Waals surface area contributed by atoms with Crippen molar-refractivity contribution in [3.63, 3.8) is 0 Å². The lowest BCUT2D eigenvalue weighted by molar-refractivity contribution is -0.121. The van der Waals surface area contributed by atoms with Crippen LogP contribution in [-0.4, -0.2) is 31.6 Å². The van der Waals surface area contributed by atoms with Gasteiger partial charge in [0, 0.05) is 20.2 Å². The second-order valence-corrected chi connectivity index (χ2v) is 4.70. The maximum atomic E-state index is 11.8. The highest BCUT2D eigenvalue weighted by molar-refractivity contribution is 5.96. The molecule has 0 bridgehead atoms. The molecule has 0 aliphatic carbocycles. The Balaban J connectivity index is 2.44. The lowest BCUT2D eigenvalue weighted by Crippen LogP contribution is -2.47. The third kappa shape index (κ3) is 6.37. The summed E-state index contributed by atoms with van der Waals surface area (Å²) in [4.78, 5) is 23.0. The van der Waals surface area contributed by atoms with Gasteiger partial charge in [-0.2, -0.15) is 0 Å². The molecule has 1 rings (SSSR count). The fourth-order valence-electron chi connectivity index (χ4n) is 1.78. The molecule has 0 radical (unpaired) electrons. The minimum atomic E-state index is -0.474. The maximum Gasteiger partial charge on any atom is 0.321 e. The quantitative estimate of drug-likeness (QED) is 0.705. The van der Waals surface area contributed by atoms with E-state index in [-0.39, 0.29) is 5.91 Å². The third-order valence-electron chi connectivity index (χ3n) is 2.88. The van der Waals surface area contributed by atoms with Gasteiger partial charge in [-0.15, -0.1) is 0 Å². The summed E-state index contributed by atoms with van der Waals surface area (Å²) in [7, 11) is 1.65. The Morgan fingerprint density at radius 1 is 1.29 bits per heavy atom. The SMILES string of the molecule is CCNC(=O)NC(=O)C(C)NCc1cccc(COC)c1. The molecule has 21 heavy (non-hydrogen) atoms. The summed E-state index contributed by atoms with van der Waals surface area (Å²) < 4.78 is 5.08. The van der Waals surface area contributed by atoms with Crippen LogP contribution in [0.2, 0.25) is 0 Å². The Labute approximate surface area is 125 Å². The molecule has 0 aliphatic heterocycles. The van der Waals surface area contributed by atoms with E-state index >= 15 is 0 Å². The summed E-state index contributed by atoms with van der Waals surface area (Å²) in [5, 5.41) is 7.87. The first kappa shape index (κ1) is 17.1. The standard InChI is InChI=1S/C15H23N3O3/c1-4-16-15(20)18-14(19)11(2)17-9-12-6-5-7-13(8-12)10-21-3/h5-8,11,17H,4,9-10H2,1-3H3,(H2,16,18,19,20). The van der Waals surface area contributed by atoms with Crippen molar-refractivity contribution in [3.8, 4) is 0 Å². The van der Waals surface area contributed by atoms with Crippen molar-refractivity contribution < 1.29 is 14.3 Å². The van der Waals surface area contributed by atoms with Crippen LogP contribution < -0.4 is 16.0 Å². The van der Waals surface area contributed by atoms with E-state index in [0.29, 0.717) is 19.7 Å². The van der Waals surface area contributed by atoms with Gasteiger partial charge < -0.3 is 15.4 Å². The number of carbonyl (C=O) groups excluding carboxylic acids is 2.